The average molecular weight is 219 g/mol. The van der Waals surface area contributed by atoms with Crippen molar-refractivity contribution in [2.75, 3.05) is 5.32 Å². The minimum absolute atomic E-state index is 0.153. The third-order valence-corrected chi connectivity index (χ3v) is 2.51. The highest BCUT2D eigenvalue weighted by Gasteiger charge is 2.01. The lowest BCUT2D eigenvalue weighted by Crippen LogP contribution is -1.99. The van der Waals surface area contributed by atoms with E-state index in [2.05, 4.69) is 5.32 Å². The van der Waals surface area contributed by atoms with Crippen molar-refractivity contribution in [3.8, 4) is 0 Å². The summed E-state index contributed by atoms with van der Waals surface area (Å²) in [4.78, 5) is 0. The summed E-state index contributed by atoms with van der Waals surface area (Å²) in [5.74, 6) is -0.153. The number of hydrogen-bond donors (Lipinski definition) is 1. The fourth-order valence-electron chi connectivity index (χ4n) is 1.54. The zero-order chi connectivity index (χ0) is 11.4. The van der Waals surface area contributed by atoms with Gasteiger partial charge in [-0.1, -0.05) is 13.0 Å². The summed E-state index contributed by atoms with van der Waals surface area (Å²) in [6.45, 7) is 2.58. The Morgan fingerprint density at radius 2 is 2.19 bits per heavy atom. The molecule has 2 nitrogen and oxygen atoms in total. The van der Waals surface area contributed by atoms with Crippen molar-refractivity contribution in [2.24, 2.45) is 0 Å². The maximum Gasteiger partial charge on any atom is 0.128 e. The molecule has 0 radical (unpaired) electrons. The smallest absolute Gasteiger partial charge is 0.128 e. The van der Waals surface area contributed by atoms with Crippen LogP contribution in [0, 0.1) is 5.82 Å². The lowest BCUT2D eigenvalue weighted by atomic mass is 10.1. The van der Waals surface area contributed by atoms with Gasteiger partial charge in [-0.15, -0.1) is 0 Å². The van der Waals surface area contributed by atoms with Crippen molar-refractivity contribution in [1.29, 1.82) is 0 Å². The molecule has 0 spiro atoms. The van der Waals surface area contributed by atoms with Gasteiger partial charge >= 0.3 is 0 Å². The number of halogens is 1. The van der Waals surface area contributed by atoms with Crippen molar-refractivity contribution in [2.45, 2.75) is 19.9 Å². The fraction of sp³-hybridized carbons (Fsp3) is 0.231. The van der Waals surface area contributed by atoms with Crippen LogP contribution >= 0.6 is 0 Å². The van der Waals surface area contributed by atoms with Gasteiger partial charge < -0.3 is 9.73 Å². The Hall–Kier alpha value is -1.77. The number of hydrogen-bond acceptors (Lipinski definition) is 2. The van der Waals surface area contributed by atoms with Crippen LogP contribution in [0.2, 0.25) is 0 Å². The van der Waals surface area contributed by atoms with E-state index in [1.54, 1.807) is 12.5 Å². The summed E-state index contributed by atoms with van der Waals surface area (Å²) in [5, 5.41) is 3.14. The van der Waals surface area contributed by atoms with E-state index in [0.717, 1.165) is 16.8 Å². The van der Waals surface area contributed by atoms with Crippen LogP contribution < -0.4 is 5.32 Å². The molecule has 0 aliphatic carbocycles. The summed E-state index contributed by atoms with van der Waals surface area (Å²) in [6, 6.07) is 7.11. The molecule has 0 unspecified atom stereocenters. The number of nitrogens with one attached hydrogen (secondary N) is 1. The molecule has 0 aliphatic rings. The number of benzene rings is 1. The van der Waals surface area contributed by atoms with E-state index < -0.39 is 0 Å². The molecule has 0 fully saturated rings. The zero-order valence-corrected chi connectivity index (χ0v) is 9.16. The highest BCUT2D eigenvalue weighted by Crippen LogP contribution is 2.15. The maximum atomic E-state index is 13.5. The second-order valence-corrected chi connectivity index (χ2v) is 3.64. The molecule has 1 heterocycles. The zero-order valence-electron chi connectivity index (χ0n) is 9.16. The van der Waals surface area contributed by atoms with Crippen LogP contribution in [0.25, 0.3) is 0 Å². The Morgan fingerprint density at radius 1 is 1.31 bits per heavy atom. The lowest BCUT2D eigenvalue weighted by molar-refractivity contribution is 0.564. The molecule has 0 aliphatic heterocycles. The van der Waals surface area contributed by atoms with Crippen molar-refractivity contribution in [1.82, 2.24) is 0 Å². The van der Waals surface area contributed by atoms with Gasteiger partial charge in [-0.2, -0.15) is 0 Å². The van der Waals surface area contributed by atoms with Gasteiger partial charge in [-0.3, -0.25) is 0 Å². The molecule has 0 bridgehead atoms. The van der Waals surface area contributed by atoms with Crippen LogP contribution in [-0.2, 0) is 13.0 Å². The van der Waals surface area contributed by atoms with Crippen molar-refractivity contribution in [3.05, 3.63) is 53.7 Å². The minimum atomic E-state index is -0.153. The molecule has 1 aromatic carbocycles. The standard InChI is InChI=1S/C13H14FNO/c1-2-11-3-4-12(7-13(11)14)15-8-10-5-6-16-9-10/h3-7,9,15H,2,8H2,1H3. The van der Waals surface area contributed by atoms with Gasteiger partial charge in [0.25, 0.3) is 0 Å². The van der Waals surface area contributed by atoms with Gasteiger partial charge in [0.15, 0.2) is 0 Å². The Labute approximate surface area is 94.1 Å². The largest absolute Gasteiger partial charge is 0.472 e. The topological polar surface area (TPSA) is 25.2 Å². The van der Waals surface area contributed by atoms with E-state index >= 15 is 0 Å². The molecule has 1 aromatic heterocycles. The van der Waals surface area contributed by atoms with E-state index in [9.17, 15) is 4.39 Å². The van der Waals surface area contributed by atoms with E-state index in [1.807, 2.05) is 25.1 Å². The predicted octanol–water partition coefficient (Wildman–Crippen LogP) is 3.59. The van der Waals surface area contributed by atoms with Crippen LogP contribution in [0.1, 0.15) is 18.1 Å². The molecule has 3 heteroatoms. The monoisotopic (exact) mass is 219 g/mol. The molecular weight excluding hydrogens is 205 g/mol. The van der Waals surface area contributed by atoms with Gasteiger partial charge in [0.2, 0.25) is 0 Å². The van der Waals surface area contributed by atoms with Gasteiger partial charge in [-0.05, 0) is 30.2 Å². The van der Waals surface area contributed by atoms with E-state index in [1.165, 1.54) is 6.07 Å². The first-order valence-corrected chi connectivity index (χ1v) is 5.33. The Bertz CT molecular complexity index is 451. The Balaban J connectivity index is 2.02. The van der Waals surface area contributed by atoms with Crippen molar-refractivity contribution < 1.29 is 8.81 Å². The van der Waals surface area contributed by atoms with Gasteiger partial charge in [0, 0.05) is 17.8 Å². The molecule has 16 heavy (non-hydrogen) atoms. The first-order valence-electron chi connectivity index (χ1n) is 5.33. The highest BCUT2D eigenvalue weighted by molar-refractivity contribution is 5.45. The van der Waals surface area contributed by atoms with E-state index in [0.29, 0.717) is 13.0 Å². The average Bonchev–Trinajstić information content (AvgIpc) is 2.79. The molecule has 2 rings (SSSR count). The molecule has 1 N–H and O–H groups in total. The highest BCUT2D eigenvalue weighted by atomic mass is 19.1. The maximum absolute atomic E-state index is 13.5. The first-order chi connectivity index (χ1) is 7.79. The molecule has 0 atom stereocenters. The molecule has 84 valence electrons. The Kier molecular flexibility index (Phi) is 3.25. The summed E-state index contributed by atoms with van der Waals surface area (Å²) < 4.78 is 18.4. The van der Waals surface area contributed by atoms with Crippen molar-refractivity contribution >= 4 is 5.69 Å². The van der Waals surface area contributed by atoms with Gasteiger partial charge in [0.05, 0.1) is 12.5 Å². The first kappa shape index (κ1) is 10.7. The number of aryl methyl sites for hydroxylation is 1. The van der Waals surface area contributed by atoms with E-state index in [4.69, 9.17) is 4.42 Å². The molecule has 0 amide bonds. The van der Waals surface area contributed by atoms with Gasteiger partial charge in [0.1, 0.15) is 5.82 Å². The number of rotatable bonds is 4. The fourth-order valence-corrected chi connectivity index (χ4v) is 1.54. The number of furan rings is 1. The predicted molar refractivity (Wildman–Crippen MR) is 61.8 cm³/mol. The van der Waals surface area contributed by atoms with Crippen LogP contribution in [0.3, 0.4) is 0 Å². The normalized spacial score (nSPS) is 10.4. The minimum Gasteiger partial charge on any atom is -0.472 e. The van der Waals surface area contributed by atoms with Crippen LogP contribution in [0.4, 0.5) is 10.1 Å². The molecular formula is C13H14FNO. The summed E-state index contributed by atoms with van der Waals surface area (Å²) in [7, 11) is 0. The van der Waals surface area contributed by atoms with Gasteiger partial charge in [-0.25, -0.2) is 4.39 Å². The SMILES string of the molecule is CCc1ccc(NCc2ccoc2)cc1F. The Morgan fingerprint density at radius 3 is 2.81 bits per heavy atom. The van der Waals surface area contributed by atoms with Crippen molar-refractivity contribution in [3.63, 3.8) is 0 Å². The third-order valence-electron chi connectivity index (χ3n) is 2.51. The summed E-state index contributed by atoms with van der Waals surface area (Å²) >= 11 is 0. The van der Waals surface area contributed by atoms with Crippen LogP contribution in [-0.4, -0.2) is 0 Å². The number of anilines is 1. The second kappa shape index (κ2) is 4.84. The molecule has 2 aromatic rings. The summed E-state index contributed by atoms with van der Waals surface area (Å²) in [5.41, 5.74) is 2.57. The molecule has 0 saturated heterocycles. The van der Waals surface area contributed by atoms with Crippen LogP contribution in [0.5, 0.6) is 0 Å². The van der Waals surface area contributed by atoms with E-state index in [-0.39, 0.29) is 5.82 Å². The lowest BCUT2D eigenvalue weighted by Gasteiger charge is -2.06. The summed E-state index contributed by atoms with van der Waals surface area (Å²) in [6.07, 6.45) is 4.01. The second-order valence-electron chi connectivity index (χ2n) is 3.64. The quantitative estimate of drug-likeness (QED) is 0.850. The van der Waals surface area contributed by atoms with Crippen LogP contribution in [0.15, 0.2) is 41.2 Å². The molecule has 0 saturated carbocycles. The third kappa shape index (κ3) is 2.42.